The molecule has 0 saturated carbocycles. The van der Waals surface area contributed by atoms with Crippen LogP contribution in [-0.4, -0.2) is 32.7 Å². The minimum atomic E-state index is 0. The van der Waals surface area contributed by atoms with Crippen LogP contribution in [-0.2, 0) is 9.53 Å². The Morgan fingerprint density at radius 2 is 2.33 bits per heavy atom. The van der Waals surface area contributed by atoms with Crippen molar-refractivity contribution in [1.82, 2.24) is 10.6 Å². The smallest absolute Gasteiger partial charge is 0.234 e. The number of hydrogen-bond acceptors (Lipinski definition) is 4. The Balaban J connectivity index is 0.00000289. The number of thiophene rings is 1. The number of amides is 1. The average molecular weight is 293 g/mol. The topological polar surface area (TPSA) is 50.4 Å². The van der Waals surface area contributed by atoms with Crippen molar-refractivity contribution in [3.8, 4) is 0 Å². The second-order valence-corrected chi connectivity index (χ2v) is 4.69. The van der Waals surface area contributed by atoms with Crippen LogP contribution in [0.1, 0.15) is 24.3 Å². The molecule has 18 heavy (non-hydrogen) atoms. The van der Waals surface area contributed by atoms with Gasteiger partial charge in [0, 0.05) is 18.5 Å². The lowest BCUT2D eigenvalue weighted by Gasteiger charge is -2.15. The molecule has 0 aliphatic rings. The third-order valence-electron chi connectivity index (χ3n) is 2.40. The molecule has 0 radical (unpaired) electrons. The molecule has 0 aromatic carbocycles. The highest BCUT2D eigenvalue weighted by molar-refractivity contribution is 7.10. The van der Waals surface area contributed by atoms with E-state index >= 15 is 0 Å². The Hall–Kier alpha value is -0.620. The van der Waals surface area contributed by atoms with Crippen LogP contribution < -0.4 is 10.6 Å². The van der Waals surface area contributed by atoms with Gasteiger partial charge in [-0.2, -0.15) is 0 Å². The first-order chi connectivity index (χ1) is 8.27. The fourth-order valence-electron chi connectivity index (χ4n) is 1.49. The fourth-order valence-corrected chi connectivity index (χ4v) is 2.35. The molecule has 1 amide bonds. The summed E-state index contributed by atoms with van der Waals surface area (Å²) in [6.45, 7) is 3.73. The van der Waals surface area contributed by atoms with Gasteiger partial charge in [-0.25, -0.2) is 0 Å². The van der Waals surface area contributed by atoms with Crippen LogP contribution in [0.5, 0.6) is 0 Å². The van der Waals surface area contributed by atoms with Crippen LogP contribution in [0, 0.1) is 0 Å². The maximum atomic E-state index is 11.7. The van der Waals surface area contributed by atoms with Gasteiger partial charge in [0.2, 0.25) is 5.91 Å². The zero-order valence-corrected chi connectivity index (χ0v) is 12.4. The molecule has 6 heteroatoms. The summed E-state index contributed by atoms with van der Waals surface area (Å²) >= 11 is 1.67. The number of carbonyl (C=O) groups excluding carboxylic acids is 1. The summed E-state index contributed by atoms with van der Waals surface area (Å²) in [5.41, 5.74) is 0. The third-order valence-corrected chi connectivity index (χ3v) is 3.38. The van der Waals surface area contributed by atoms with Crippen molar-refractivity contribution in [3.05, 3.63) is 22.4 Å². The minimum absolute atomic E-state index is 0. The van der Waals surface area contributed by atoms with Crippen molar-refractivity contribution in [1.29, 1.82) is 0 Å². The van der Waals surface area contributed by atoms with Crippen molar-refractivity contribution >= 4 is 29.7 Å². The van der Waals surface area contributed by atoms with Crippen LogP contribution in [0.3, 0.4) is 0 Å². The average Bonchev–Trinajstić information content (AvgIpc) is 2.85. The van der Waals surface area contributed by atoms with E-state index in [1.807, 2.05) is 11.4 Å². The first-order valence-corrected chi connectivity index (χ1v) is 6.68. The molecule has 104 valence electrons. The van der Waals surface area contributed by atoms with Crippen LogP contribution in [0.4, 0.5) is 0 Å². The largest absolute Gasteiger partial charge is 0.383 e. The van der Waals surface area contributed by atoms with E-state index in [2.05, 4.69) is 23.6 Å². The Morgan fingerprint density at radius 3 is 2.89 bits per heavy atom. The Morgan fingerprint density at radius 1 is 1.56 bits per heavy atom. The van der Waals surface area contributed by atoms with Crippen LogP contribution in [0.25, 0.3) is 0 Å². The Bertz CT molecular complexity index is 320. The van der Waals surface area contributed by atoms with E-state index in [-0.39, 0.29) is 24.4 Å². The lowest BCUT2D eigenvalue weighted by atomic mass is 10.2. The fraction of sp³-hybridized carbons (Fsp3) is 0.583. The van der Waals surface area contributed by atoms with Crippen molar-refractivity contribution in [2.45, 2.75) is 19.4 Å². The van der Waals surface area contributed by atoms with Crippen LogP contribution >= 0.6 is 23.7 Å². The predicted octanol–water partition coefficient (Wildman–Crippen LogP) is 1.97. The summed E-state index contributed by atoms with van der Waals surface area (Å²) in [6, 6.07) is 4.19. The maximum absolute atomic E-state index is 11.7. The molecule has 0 saturated heterocycles. The molecular formula is C12H21ClN2O2S. The summed E-state index contributed by atoms with van der Waals surface area (Å²) in [5, 5.41) is 8.07. The Labute approximate surface area is 119 Å². The number of ether oxygens (including phenoxy) is 1. The second-order valence-electron chi connectivity index (χ2n) is 3.71. The van der Waals surface area contributed by atoms with Gasteiger partial charge in [0.15, 0.2) is 0 Å². The van der Waals surface area contributed by atoms with Gasteiger partial charge in [-0.15, -0.1) is 23.7 Å². The Kier molecular flexibility index (Phi) is 9.96. The van der Waals surface area contributed by atoms with Gasteiger partial charge >= 0.3 is 0 Å². The standard InChI is InChI=1S/C12H20N2O2S.ClH/c1-3-10(11-5-4-8-17-11)14-12(15)9-13-6-7-16-2;/h4-5,8,10,13H,3,6-7,9H2,1-2H3,(H,14,15);1H. The summed E-state index contributed by atoms with van der Waals surface area (Å²) < 4.78 is 4.89. The second kappa shape index (κ2) is 10.3. The molecule has 1 unspecified atom stereocenters. The van der Waals surface area contributed by atoms with E-state index in [0.717, 1.165) is 6.42 Å². The molecule has 0 spiro atoms. The predicted molar refractivity (Wildman–Crippen MR) is 77.5 cm³/mol. The van der Waals surface area contributed by atoms with E-state index in [4.69, 9.17) is 4.74 Å². The summed E-state index contributed by atoms with van der Waals surface area (Å²) in [6.07, 6.45) is 0.907. The highest BCUT2D eigenvalue weighted by Gasteiger charge is 2.12. The van der Waals surface area contributed by atoms with Crippen molar-refractivity contribution in [2.75, 3.05) is 26.8 Å². The SMILES string of the molecule is CCC(NC(=O)CNCCOC)c1cccs1.Cl. The van der Waals surface area contributed by atoms with Gasteiger partial charge in [0.05, 0.1) is 19.2 Å². The summed E-state index contributed by atoms with van der Waals surface area (Å²) in [5.74, 6) is 0.0290. The molecule has 1 aromatic rings. The van der Waals surface area contributed by atoms with Gasteiger partial charge in [-0.3, -0.25) is 4.79 Å². The van der Waals surface area contributed by atoms with Crippen molar-refractivity contribution in [3.63, 3.8) is 0 Å². The molecule has 1 aromatic heterocycles. The van der Waals surface area contributed by atoms with Gasteiger partial charge in [-0.1, -0.05) is 13.0 Å². The number of methoxy groups -OCH3 is 1. The molecule has 1 atom stereocenters. The van der Waals surface area contributed by atoms with E-state index < -0.39 is 0 Å². The molecule has 4 nitrogen and oxygen atoms in total. The molecule has 2 N–H and O–H groups in total. The highest BCUT2D eigenvalue weighted by atomic mass is 35.5. The van der Waals surface area contributed by atoms with Crippen LogP contribution in [0.15, 0.2) is 17.5 Å². The molecule has 0 aliphatic carbocycles. The number of hydrogen-bond donors (Lipinski definition) is 2. The van der Waals surface area contributed by atoms with Gasteiger partial charge in [-0.05, 0) is 17.9 Å². The monoisotopic (exact) mass is 292 g/mol. The first kappa shape index (κ1) is 17.4. The van der Waals surface area contributed by atoms with Gasteiger partial charge in [0.1, 0.15) is 0 Å². The highest BCUT2D eigenvalue weighted by Crippen LogP contribution is 2.21. The maximum Gasteiger partial charge on any atom is 0.234 e. The van der Waals surface area contributed by atoms with E-state index in [9.17, 15) is 4.79 Å². The molecular weight excluding hydrogens is 272 g/mol. The molecule has 1 heterocycles. The molecule has 0 bridgehead atoms. The number of carbonyl (C=O) groups is 1. The summed E-state index contributed by atoms with van der Waals surface area (Å²) in [7, 11) is 1.64. The minimum Gasteiger partial charge on any atom is -0.383 e. The van der Waals surface area contributed by atoms with Crippen molar-refractivity contribution < 1.29 is 9.53 Å². The number of rotatable bonds is 8. The van der Waals surface area contributed by atoms with E-state index in [0.29, 0.717) is 19.7 Å². The van der Waals surface area contributed by atoms with Gasteiger partial charge < -0.3 is 15.4 Å². The lowest BCUT2D eigenvalue weighted by Crippen LogP contribution is -2.36. The normalized spacial score (nSPS) is 11.7. The lowest BCUT2D eigenvalue weighted by molar-refractivity contribution is -0.121. The number of halogens is 1. The molecule has 0 aliphatic heterocycles. The first-order valence-electron chi connectivity index (χ1n) is 5.80. The van der Waals surface area contributed by atoms with Crippen molar-refractivity contribution in [2.24, 2.45) is 0 Å². The molecule has 1 rings (SSSR count). The zero-order valence-electron chi connectivity index (χ0n) is 10.8. The molecule has 0 fully saturated rings. The van der Waals surface area contributed by atoms with Gasteiger partial charge in [0.25, 0.3) is 0 Å². The third kappa shape index (κ3) is 6.35. The zero-order chi connectivity index (χ0) is 12.5. The summed E-state index contributed by atoms with van der Waals surface area (Å²) in [4.78, 5) is 12.9. The van der Waals surface area contributed by atoms with Crippen LogP contribution in [0.2, 0.25) is 0 Å². The quantitative estimate of drug-likeness (QED) is 0.720. The van der Waals surface area contributed by atoms with E-state index in [1.54, 1.807) is 18.4 Å². The van der Waals surface area contributed by atoms with E-state index in [1.165, 1.54) is 4.88 Å². The number of nitrogens with one attached hydrogen (secondary N) is 2.